The zero-order valence-corrected chi connectivity index (χ0v) is 11.8. The van der Waals surface area contributed by atoms with Gasteiger partial charge in [-0.15, -0.1) is 0 Å². The molecule has 2 rings (SSSR count). The lowest BCUT2D eigenvalue weighted by molar-refractivity contribution is -0.385. The van der Waals surface area contributed by atoms with Crippen molar-refractivity contribution >= 4 is 5.69 Å². The maximum Gasteiger partial charge on any atom is 0.311 e. The van der Waals surface area contributed by atoms with E-state index in [2.05, 4.69) is 10.1 Å². The van der Waals surface area contributed by atoms with E-state index in [-0.39, 0.29) is 30.0 Å². The quantitative estimate of drug-likeness (QED) is 0.641. The Balaban J connectivity index is 2.50. The van der Waals surface area contributed by atoms with Crippen molar-refractivity contribution in [2.24, 2.45) is 5.73 Å². The third kappa shape index (κ3) is 3.00. The van der Waals surface area contributed by atoms with E-state index in [9.17, 15) is 10.1 Å². The largest absolute Gasteiger partial charge is 0.487 e. The Bertz CT molecular complexity index is 641. The van der Waals surface area contributed by atoms with Crippen LogP contribution in [0, 0.1) is 10.1 Å². The first-order valence-corrected chi connectivity index (χ1v) is 6.58. The topological polar surface area (TPSA) is 117 Å². The molecular weight excluding hydrogens is 276 g/mol. The smallest absolute Gasteiger partial charge is 0.311 e. The standard InChI is InChI=1S/C13H16N4O4/c1-3-9(14)12-15-13(21-16-12)8-6-5-7-10(17(18)19)11(8)20-4-2/h5-7,9H,3-4,14H2,1-2H3. The number of rotatable bonds is 6. The highest BCUT2D eigenvalue weighted by molar-refractivity contribution is 5.70. The Kier molecular flexibility index (Phi) is 4.49. The zero-order valence-electron chi connectivity index (χ0n) is 11.8. The van der Waals surface area contributed by atoms with Crippen molar-refractivity contribution in [3.63, 3.8) is 0 Å². The number of hydrogen-bond acceptors (Lipinski definition) is 7. The molecule has 0 aliphatic rings. The fourth-order valence-corrected chi connectivity index (χ4v) is 1.81. The molecule has 1 aromatic carbocycles. The van der Waals surface area contributed by atoms with Gasteiger partial charge in [-0.1, -0.05) is 18.1 Å². The van der Waals surface area contributed by atoms with E-state index in [1.165, 1.54) is 6.07 Å². The summed E-state index contributed by atoms with van der Waals surface area (Å²) < 4.78 is 10.5. The molecule has 0 fully saturated rings. The summed E-state index contributed by atoms with van der Waals surface area (Å²) in [5.74, 6) is 0.632. The predicted octanol–water partition coefficient (Wildman–Crippen LogP) is 2.45. The molecule has 0 saturated heterocycles. The van der Waals surface area contributed by atoms with Crippen LogP contribution in [0.25, 0.3) is 11.5 Å². The number of hydrogen-bond donors (Lipinski definition) is 1. The van der Waals surface area contributed by atoms with Crippen molar-refractivity contribution in [1.82, 2.24) is 10.1 Å². The van der Waals surface area contributed by atoms with Gasteiger partial charge in [0.2, 0.25) is 5.75 Å². The molecule has 0 amide bonds. The lowest BCUT2D eigenvalue weighted by Gasteiger charge is -2.07. The maximum atomic E-state index is 11.1. The second-order valence-electron chi connectivity index (χ2n) is 4.32. The van der Waals surface area contributed by atoms with E-state index in [0.29, 0.717) is 17.8 Å². The lowest BCUT2D eigenvalue weighted by atomic mass is 10.1. The molecule has 0 saturated carbocycles. The zero-order chi connectivity index (χ0) is 15.4. The predicted molar refractivity (Wildman–Crippen MR) is 74.8 cm³/mol. The Hall–Kier alpha value is -2.48. The lowest BCUT2D eigenvalue weighted by Crippen LogP contribution is -2.10. The molecule has 0 radical (unpaired) electrons. The van der Waals surface area contributed by atoms with Gasteiger partial charge in [-0.25, -0.2) is 0 Å². The highest BCUT2D eigenvalue weighted by Crippen LogP contribution is 2.37. The molecule has 2 aromatic rings. The number of nitrogens with zero attached hydrogens (tertiary/aromatic N) is 3. The molecule has 8 heteroatoms. The molecule has 8 nitrogen and oxygen atoms in total. The third-order valence-electron chi connectivity index (χ3n) is 2.92. The van der Waals surface area contributed by atoms with Gasteiger partial charge in [-0.3, -0.25) is 10.1 Å². The average Bonchev–Trinajstić information content (AvgIpc) is 2.96. The summed E-state index contributed by atoms with van der Waals surface area (Å²) in [6, 6.07) is 4.20. The van der Waals surface area contributed by atoms with Crippen LogP contribution in [0.5, 0.6) is 5.75 Å². The van der Waals surface area contributed by atoms with Crippen LogP contribution in [0.1, 0.15) is 32.1 Å². The molecule has 1 heterocycles. The Morgan fingerprint density at radius 3 is 2.86 bits per heavy atom. The summed E-state index contributed by atoms with van der Waals surface area (Å²) in [4.78, 5) is 14.8. The third-order valence-corrected chi connectivity index (χ3v) is 2.92. The van der Waals surface area contributed by atoms with Crippen LogP contribution in [0.3, 0.4) is 0 Å². The summed E-state index contributed by atoms with van der Waals surface area (Å²) >= 11 is 0. The van der Waals surface area contributed by atoms with E-state index in [1.807, 2.05) is 6.92 Å². The van der Waals surface area contributed by atoms with Crippen molar-refractivity contribution in [2.75, 3.05) is 6.61 Å². The Morgan fingerprint density at radius 2 is 2.24 bits per heavy atom. The molecule has 2 N–H and O–H groups in total. The fourth-order valence-electron chi connectivity index (χ4n) is 1.81. The summed E-state index contributed by atoms with van der Waals surface area (Å²) in [7, 11) is 0. The van der Waals surface area contributed by atoms with Crippen molar-refractivity contribution in [2.45, 2.75) is 26.3 Å². The minimum absolute atomic E-state index is 0.116. The van der Waals surface area contributed by atoms with Gasteiger partial charge in [0.1, 0.15) is 0 Å². The van der Waals surface area contributed by atoms with E-state index in [0.717, 1.165) is 0 Å². The highest BCUT2D eigenvalue weighted by Gasteiger charge is 2.24. The van der Waals surface area contributed by atoms with Gasteiger partial charge in [0.15, 0.2) is 5.82 Å². The van der Waals surface area contributed by atoms with Crippen molar-refractivity contribution in [1.29, 1.82) is 0 Å². The normalized spacial score (nSPS) is 12.1. The minimum atomic E-state index is -0.510. The summed E-state index contributed by atoms with van der Waals surface area (Å²) in [6.07, 6.45) is 0.659. The number of nitrogens with two attached hydrogens (primary N) is 1. The SMILES string of the molecule is CCOc1c(-c2nc(C(N)CC)no2)cccc1[N+](=O)[O-]. The number of nitro groups is 1. The van der Waals surface area contributed by atoms with E-state index in [4.69, 9.17) is 15.0 Å². The van der Waals surface area contributed by atoms with Crippen LogP contribution in [-0.2, 0) is 0 Å². The molecule has 21 heavy (non-hydrogen) atoms. The molecule has 112 valence electrons. The van der Waals surface area contributed by atoms with Crippen LogP contribution in [0.2, 0.25) is 0 Å². The van der Waals surface area contributed by atoms with Gasteiger partial charge in [0.25, 0.3) is 5.89 Å². The first kappa shape index (κ1) is 14.9. The number of benzene rings is 1. The van der Waals surface area contributed by atoms with E-state index in [1.54, 1.807) is 19.1 Å². The van der Waals surface area contributed by atoms with Crippen molar-refractivity contribution < 1.29 is 14.2 Å². The summed E-state index contributed by atoms with van der Waals surface area (Å²) in [5, 5.41) is 14.9. The van der Waals surface area contributed by atoms with Crippen LogP contribution < -0.4 is 10.5 Å². The van der Waals surface area contributed by atoms with Crippen LogP contribution in [0.4, 0.5) is 5.69 Å². The Morgan fingerprint density at radius 1 is 1.48 bits per heavy atom. The van der Waals surface area contributed by atoms with Crippen molar-refractivity contribution in [3.8, 4) is 17.2 Å². The summed E-state index contributed by atoms with van der Waals surface area (Å²) in [5.41, 5.74) is 6.07. The summed E-state index contributed by atoms with van der Waals surface area (Å²) in [6.45, 7) is 3.93. The molecular formula is C13H16N4O4. The highest BCUT2D eigenvalue weighted by atomic mass is 16.6. The molecule has 0 aliphatic carbocycles. The fraction of sp³-hybridized carbons (Fsp3) is 0.385. The maximum absolute atomic E-state index is 11.1. The minimum Gasteiger partial charge on any atom is -0.487 e. The molecule has 0 spiro atoms. The Labute approximate surface area is 121 Å². The second-order valence-corrected chi connectivity index (χ2v) is 4.32. The number of para-hydroxylation sites is 1. The van der Waals surface area contributed by atoms with Crippen molar-refractivity contribution in [3.05, 3.63) is 34.1 Å². The first-order chi connectivity index (χ1) is 10.1. The molecule has 1 atom stereocenters. The van der Waals surface area contributed by atoms with Crippen LogP contribution in [-0.4, -0.2) is 21.7 Å². The average molecular weight is 292 g/mol. The van der Waals surface area contributed by atoms with Gasteiger partial charge in [0.05, 0.1) is 23.1 Å². The number of nitro benzene ring substituents is 1. The van der Waals surface area contributed by atoms with Gasteiger partial charge >= 0.3 is 5.69 Å². The first-order valence-electron chi connectivity index (χ1n) is 6.58. The number of ether oxygens (including phenoxy) is 1. The van der Waals surface area contributed by atoms with Crippen LogP contribution in [0.15, 0.2) is 22.7 Å². The van der Waals surface area contributed by atoms with Gasteiger partial charge < -0.3 is 15.0 Å². The number of aromatic nitrogens is 2. The molecule has 1 aromatic heterocycles. The molecule has 0 aliphatic heterocycles. The van der Waals surface area contributed by atoms with Gasteiger partial charge in [-0.2, -0.15) is 4.98 Å². The van der Waals surface area contributed by atoms with E-state index >= 15 is 0 Å². The van der Waals surface area contributed by atoms with Gasteiger partial charge in [-0.05, 0) is 19.4 Å². The molecule has 0 bridgehead atoms. The van der Waals surface area contributed by atoms with Gasteiger partial charge in [0, 0.05) is 6.07 Å². The molecule has 1 unspecified atom stereocenters. The monoisotopic (exact) mass is 292 g/mol. The van der Waals surface area contributed by atoms with E-state index < -0.39 is 4.92 Å². The second kappa shape index (κ2) is 6.31. The van der Waals surface area contributed by atoms with Crippen LogP contribution >= 0.6 is 0 Å².